The van der Waals surface area contributed by atoms with Crippen molar-refractivity contribution in [3.63, 3.8) is 0 Å². The maximum absolute atomic E-state index is 12.4. The van der Waals surface area contributed by atoms with Gasteiger partial charge in [0.1, 0.15) is 5.69 Å². The van der Waals surface area contributed by atoms with Crippen LogP contribution in [-0.2, 0) is 6.54 Å². The topological polar surface area (TPSA) is 71.0 Å². The minimum Gasteiger partial charge on any atom is -0.347 e. The van der Waals surface area contributed by atoms with Crippen LogP contribution >= 0.6 is 0 Å². The first kappa shape index (κ1) is 16.6. The average molecular weight is 333 g/mol. The molecular weight excluding hydrogens is 314 g/mol. The van der Waals surface area contributed by atoms with Crippen LogP contribution in [0.4, 0.5) is 11.6 Å². The summed E-state index contributed by atoms with van der Waals surface area (Å²) >= 11 is 0. The summed E-state index contributed by atoms with van der Waals surface area (Å²) in [5.41, 5.74) is 3.02. The van der Waals surface area contributed by atoms with Crippen molar-refractivity contribution in [3.05, 3.63) is 77.9 Å². The quantitative estimate of drug-likeness (QED) is 0.777. The molecular formula is C19H19N5O. The maximum Gasteiger partial charge on any atom is 0.270 e. The third kappa shape index (κ3) is 4.17. The second-order valence-corrected chi connectivity index (χ2v) is 5.63. The number of nitrogens with zero attached hydrogens (tertiary/aromatic N) is 4. The highest BCUT2D eigenvalue weighted by Gasteiger charge is 2.13. The molecule has 6 heteroatoms. The number of aryl methyl sites for hydroxylation is 1. The molecule has 0 bridgehead atoms. The van der Waals surface area contributed by atoms with Gasteiger partial charge < -0.3 is 10.2 Å². The van der Waals surface area contributed by atoms with Crippen LogP contribution in [0.2, 0.25) is 0 Å². The van der Waals surface area contributed by atoms with E-state index in [0.29, 0.717) is 18.2 Å². The minimum atomic E-state index is -0.231. The van der Waals surface area contributed by atoms with Crippen molar-refractivity contribution >= 4 is 17.5 Å². The van der Waals surface area contributed by atoms with Gasteiger partial charge in [0, 0.05) is 37.4 Å². The van der Waals surface area contributed by atoms with Crippen molar-refractivity contribution in [1.82, 2.24) is 20.3 Å². The van der Waals surface area contributed by atoms with Crippen molar-refractivity contribution in [2.24, 2.45) is 0 Å². The van der Waals surface area contributed by atoms with Gasteiger partial charge in [0.25, 0.3) is 5.91 Å². The number of nitrogens with one attached hydrogen (secondary N) is 1. The van der Waals surface area contributed by atoms with E-state index in [2.05, 4.69) is 20.3 Å². The largest absolute Gasteiger partial charge is 0.347 e. The number of amides is 1. The van der Waals surface area contributed by atoms with Crippen molar-refractivity contribution in [2.75, 3.05) is 11.9 Å². The molecule has 1 N–H and O–H groups in total. The lowest BCUT2D eigenvalue weighted by Crippen LogP contribution is -2.25. The Bertz CT molecular complexity index is 852. The number of benzene rings is 1. The van der Waals surface area contributed by atoms with Gasteiger partial charge in [0.2, 0.25) is 5.95 Å². The summed E-state index contributed by atoms with van der Waals surface area (Å²) in [4.78, 5) is 27.1. The summed E-state index contributed by atoms with van der Waals surface area (Å²) in [6.07, 6.45) is 3.40. The zero-order valence-electron chi connectivity index (χ0n) is 14.2. The molecule has 0 atom stereocenters. The zero-order chi connectivity index (χ0) is 17.6. The molecule has 2 aromatic heterocycles. The summed E-state index contributed by atoms with van der Waals surface area (Å²) in [6.45, 7) is 2.28. The second-order valence-electron chi connectivity index (χ2n) is 5.63. The number of hydrogen-bond acceptors (Lipinski definition) is 5. The van der Waals surface area contributed by atoms with E-state index in [9.17, 15) is 4.79 Å². The van der Waals surface area contributed by atoms with Crippen LogP contribution < -0.4 is 10.2 Å². The van der Waals surface area contributed by atoms with Crippen LogP contribution in [0, 0.1) is 6.92 Å². The molecule has 0 aliphatic rings. The van der Waals surface area contributed by atoms with Gasteiger partial charge in [-0.3, -0.25) is 9.78 Å². The van der Waals surface area contributed by atoms with Crippen LogP contribution in [0.5, 0.6) is 0 Å². The van der Waals surface area contributed by atoms with Crippen LogP contribution in [0.1, 0.15) is 21.7 Å². The molecule has 25 heavy (non-hydrogen) atoms. The van der Waals surface area contributed by atoms with Crippen LogP contribution in [0.15, 0.2) is 60.9 Å². The number of pyridine rings is 1. The first-order chi connectivity index (χ1) is 12.1. The van der Waals surface area contributed by atoms with Crippen LogP contribution in [0.25, 0.3) is 0 Å². The number of para-hydroxylation sites is 1. The Morgan fingerprint density at radius 3 is 2.52 bits per heavy atom. The summed E-state index contributed by atoms with van der Waals surface area (Å²) in [6, 6.07) is 15.2. The third-order valence-electron chi connectivity index (χ3n) is 3.72. The molecule has 3 aromatic rings. The molecule has 0 aliphatic heterocycles. The highest BCUT2D eigenvalue weighted by molar-refractivity contribution is 5.92. The average Bonchev–Trinajstić information content (AvgIpc) is 2.66. The molecule has 0 saturated carbocycles. The van der Waals surface area contributed by atoms with Gasteiger partial charge in [-0.25, -0.2) is 9.97 Å². The highest BCUT2D eigenvalue weighted by Crippen LogP contribution is 2.20. The van der Waals surface area contributed by atoms with Gasteiger partial charge in [0.15, 0.2) is 0 Å². The Hall–Kier alpha value is -3.28. The van der Waals surface area contributed by atoms with E-state index in [1.165, 1.54) is 0 Å². The monoisotopic (exact) mass is 333 g/mol. The Morgan fingerprint density at radius 2 is 1.80 bits per heavy atom. The number of hydrogen-bond donors (Lipinski definition) is 1. The molecule has 0 aliphatic carbocycles. The van der Waals surface area contributed by atoms with Crippen molar-refractivity contribution < 1.29 is 4.79 Å². The standard InChI is InChI=1S/C19H19N5O/c1-14-12-17(18(25)21-13-15-8-10-20-11-9-15)23-19(22-14)24(2)16-6-4-3-5-7-16/h3-12H,13H2,1-2H3,(H,21,25). The van der Waals surface area contributed by atoms with Gasteiger partial charge in [0.05, 0.1) is 0 Å². The number of rotatable bonds is 5. The van der Waals surface area contributed by atoms with E-state index in [-0.39, 0.29) is 5.91 Å². The van der Waals surface area contributed by atoms with Crippen LogP contribution in [0.3, 0.4) is 0 Å². The normalized spacial score (nSPS) is 10.3. The molecule has 0 spiro atoms. The minimum absolute atomic E-state index is 0.231. The van der Waals surface area contributed by atoms with E-state index in [0.717, 1.165) is 16.9 Å². The van der Waals surface area contributed by atoms with Gasteiger partial charge >= 0.3 is 0 Å². The Kier molecular flexibility index (Phi) is 4.99. The van der Waals surface area contributed by atoms with E-state index in [1.54, 1.807) is 18.5 Å². The fourth-order valence-electron chi connectivity index (χ4n) is 2.36. The second kappa shape index (κ2) is 7.53. The molecule has 2 heterocycles. The van der Waals surface area contributed by atoms with Crippen molar-refractivity contribution in [3.8, 4) is 0 Å². The highest BCUT2D eigenvalue weighted by atomic mass is 16.1. The maximum atomic E-state index is 12.4. The van der Waals surface area contributed by atoms with Gasteiger partial charge in [-0.1, -0.05) is 18.2 Å². The number of carbonyl (C=O) groups is 1. The Labute approximate surface area is 146 Å². The summed E-state index contributed by atoms with van der Waals surface area (Å²) < 4.78 is 0. The van der Waals surface area contributed by atoms with Gasteiger partial charge in [-0.05, 0) is 42.8 Å². The number of carbonyl (C=O) groups excluding carboxylic acids is 1. The number of aromatic nitrogens is 3. The first-order valence-corrected chi connectivity index (χ1v) is 7.95. The molecule has 1 amide bonds. The van der Waals surface area contributed by atoms with Gasteiger partial charge in [-0.2, -0.15) is 0 Å². The summed E-state index contributed by atoms with van der Waals surface area (Å²) in [7, 11) is 1.88. The third-order valence-corrected chi connectivity index (χ3v) is 3.72. The Balaban J connectivity index is 1.78. The Morgan fingerprint density at radius 1 is 1.08 bits per heavy atom. The van der Waals surface area contributed by atoms with Crippen LogP contribution in [-0.4, -0.2) is 27.9 Å². The zero-order valence-corrected chi connectivity index (χ0v) is 14.2. The molecule has 6 nitrogen and oxygen atoms in total. The van der Waals surface area contributed by atoms with Gasteiger partial charge in [-0.15, -0.1) is 0 Å². The lowest BCUT2D eigenvalue weighted by atomic mass is 10.2. The fraction of sp³-hybridized carbons (Fsp3) is 0.158. The summed E-state index contributed by atoms with van der Waals surface area (Å²) in [5.74, 6) is 0.255. The van der Waals surface area contributed by atoms with E-state index < -0.39 is 0 Å². The van der Waals surface area contributed by atoms with Crippen molar-refractivity contribution in [2.45, 2.75) is 13.5 Å². The summed E-state index contributed by atoms with van der Waals surface area (Å²) in [5, 5.41) is 2.87. The molecule has 1 aromatic carbocycles. The lowest BCUT2D eigenvalue weighted by molar-refractivity contribution is 0.0945. The van der Waals surface area contributed by atoms with E-state index >= 15 is 0 Å². The fourth-order valence-corrected chi connectivity index (χ4v) is 2.36. The SMILES string of the molecule is Cc1cc(C(=O)NCc2ccncc2)nc(N(C)c2ccccc2)n1. The molecule has 0 fully saturated rings. The van der Waals surface area contributed by atoms with E-state index in [1.807, 2.05) is 61.3 Å². The molecule has 126 valence electrons. The number of anilines is 2. The predicted molar refractivity (Wildman–Crippen MR) is 96.7 cm³/mol. The molecule has 0 unspecified atom stereocenters. The molecule has 3 rings (SSSR count). The molecule has 0 radical (unpaired) electrons. The van der Waals surface area contributed by atoms with E-state index in [4.69, 9.17) is 0 Å². The molecule has 0 saturated heterocycles. The first-order valence-electron chi connectivity index (χ1n) is 7.95. The van der Waals surface area contributed by atoms with Crippen molar-refractivity contribution in [1.29, 1.82) is 0 Å². The predicted octanol–water partition coefficient (Wildman–Crippen LogP) is 2.88. The smallest absolute Gasteiger partial charge is 0.270 e. The lowest BCUT2D eigenvalue weighted by Gasteiger charge is -2.18.